The van der Waals surface area contributed by atoms with Crippen molar-refractivity contribution in [3.8, 4) is 0 Å². The molecule has 0 unspecified atom stereocenters. The van der Waals surface area contributed by atoms with Crippen LogP contribution in [0.15, 0.2) is 60.7 Å². The van der Waals surface area contributed by atoms with Gasteiger partial charge in [-0.2, -0.15) is 0 Å². The van der Waals surface area contributed by atoms with Crippen LogP contribution in [0.2, 0.25) is 0 Å². The molecule has 0 radical (unpaired) electrons. The smallest absolute Gasteiger partial charge is 0.312 e. The predicted molar refractivity (Wildman–Crippen MR) is 82.8 cm³/mol. The van der Waals surface area contributed by atoms with Crippen LogP contribution in [0.5, 0.6) is 0 Å². The van der Waals surface area contributed by atoms with Crippen molar-refractivity contribution in [1.82, 2.24) is 4.90 Å². The first-order valence-corrected chi connectivity index (χ1v) is 6.77. The molecular weight excluding hydrogens is 264 g/mol. The monoisotopic (exact) mass is 282 g/mol. The van der Waals surface area contributed by atoms with E-state index in [0.717, 1.165) is 17.3 Å². The van der Waals surface area contributed by atoms with Crippen LogP contribution in [-0.2, 0) is 17.9 Å². The second-order valence-electron chi connectivity index (χ2n) is 4.84. The summed E-state index contributed by atoms with van der Waals surface area (Å²) >= 11 is 0. The third kappa shape index (κ3) is 4.76. The first-order chi connectivity index (χ1) is 10.1. The number of hydrogen-bond donors (Lipinski definition) is 0. The summed E-state index contributed by atoms with van der Waals surface area (Å²) in [5.41, 5.74) is 2.06. The van der Waals surface area contributed by atoms with Crippen molar-refractivity contribution in [2.45, 2.75) is 13.1 Å². The van der Waals surface area contributed by atoms with Gasteiger partial charge in [-0.3, -0.25) is 4.79 Å². The number of carbonyl (C=O) groups is 1. The van der Waals surface area contributed by atoms with Crippen molar-refractivity contribution in [3.63, 3.8) is 0 Å². The van der Waals surface area contributed by atoms with E-state index in [1.165, 1.54) is 7.05 Å². The Hall–Kier alpha value is -2.62. The highest BCUT2D eigenvalue weighted by Gasteiger charge is 2.15. The van der Waals surface area contributed by atoms with Gasteiger partial charge < -0.3 is 10.1 Å². The molecule has 4 nitrogen and oxygen atoms in total. The molecule has 0 heterocycles. The zero-order valence-electron chi connectivity index (χ0n) is 12.0. The van der Waals surface area contributed by atoms with Crippen LogP contribution < -0.4 is 0 Å². The summed E-state index contributed by atoms with van der Waals surface area (Å²) in [6.45, 7) is 0.942. The van der Waals surface area contributed by atoms with Crippen LogP contribution in [0, 0.1) is 5.21 Å². The molecule has 0 saturated carbocycles. The summed E-state index contributed by atoms with van der Waals surface area (Å²) in [5.74, 6) is -0.291. The summed E-state index contributed by atoms with van der Waals surface area (Å²) in [6.07, 6.45) is 1.06. The Morgan fingerprint density at radius 2 is 1.43 bits per heavy atom. The predicted octanol–water partition coefficient (Wildman–Crippen LogP) is 2.43. The van der Waals surface area contributed by atoms with Crippen LogP contribution in [0.4, 0.5) is 0 Å². The molecule has 0 aliphatic heterocycles. The molecule has 0 atom stereocenters. The van der Waals surface area contributed by atoms with E-state index in [1.807, 2.05) is 60.7 Å². The van der Waals surface area contributed by atoms with Gasteiger partial charge in [-0.15, -0.1) is 0 Å². The molecule has 0 saturated heterocycles. The SMILES string of the molecule is C/[N+]([O-])=C/C(=O)N(Cc1ccccc1)Cc1ccccc1. The number of rotatable bonds is 5. The topological polar surface area (TPSA) is 46.4 Å². The minimum absolute atomic E-state index is 0.291. The number of carbonyl (C=O) groups excluding carboxylic acids is 1. The number of hydrogen-bond acceptors (Lipinski definition) is 2. The molecule has 108 valence electrons. The zero-order valence-corrected chi connectivity index (χ0v) is 12.0. The maximum absolute atomic E-state index is 12.2. The molecule has 0 spiro atoms. The minimum atomic E-state index is -0.291. The number of benzene rings is 2. The van der Waals surface area contributed by atoms with E-state index in [4.69, 9.17) is 0 Å². The van der Waals surface area contributed by atoms with Gasteiger partial charge in [0, 0.05) is 13.1 Å². The average Bonchev–Trinajstić information content (AvgIpc) is 2.48. The molecule has 2 rings (SSSR count). The lowest BCUT2D eigenvalue weighted by molar-refractivity contribution is -0.416. The Labute approximate surface area is 124 Å². The Balaban J connectivity index is 2.18. The van der Waals surface area contributed by atoms with E-state index in [0.29, 0.717) is 17.8 Å². The number of hydroxylamine groups is 1. The lowest BCUT2D eigenvalue weighted by Crippen LogP contribution is -2.32. The Kier molecular flexibility index (Phi) is 5.10. The highest BCUT2D eigenvalue weighted by molar-refractivity contribution is 6.24. The highest BCUT2D eigenvalue weighted by atomic mass is 16.5. The Morgan fingerprint density at radius 3 is 1.81 bits per heavy atom. The average molecular weight is 282 g/mol. The van der Waals surface area contributed by atoms with E-state index < -0.39 is 0 Å². The Morgan fingerprint density at radius 1 is 1.00 bits per heavy atom. The molecule has 0 aliphatic carbocycles. The molecular formula is C17H18N2O2. The van der Waals surface area contributed by atoms with Gasteiger partial charge in [0.25, 0.3) is 0 Å². The van der Waals surface area contributed by atoms with Gasteiger partial charge in [0.15, 0.2) is 0 Å². The molecule has 4 heteroatoms. The van der Waals surface area contributed by atoms with Gasteiger partial charge in [-0.1, -0.05) is 60.7 Å². The van der Waals surface area contributed by atoms with E-state index in [9.17, 15) is 10.0 Å². The molecule has 21 heavy (non-hydrogen) atoms. The van der Waals surface area contributed by atoms with Crippen molar-refractivity contribution in [3.05, 3.63) is 77.0 Å². The number of amides is 1. The standard InChI is InChI=1S/C17H18N2O2/c1-18(21)14-17(20)19(12-15-8-4-2-5-9-15)13-16-10-6-3-7-11-16/h2-11,14H,12-13H2,1H3/b18-14-. The van der Waals surface area contributed by atoms with E-state index in [2.05, 4.69) is 0 Å². The van der Waals surface area contributed by atoms with Crippen LogP contribution in [0.25, 0.3) is 0 Å². The molecule has 0 aromatic heterocycles. The van der Waals surface area contributed by atoms with E-state index >= 15 is 0 Å². The lowest BCUT2D eigenvalue weighted by atomic mass is 10.1. The third-order valence-electron chi connectivity index (χ3n) is 3.04. The molecule has 0 fully saturated rings. The van der Waals surface area contributed by atoms with Crippen LogP contribution in [0.3, 0.4) is 0 Å². The quantitative estimate of drug-likeness (QED) is 0.366. The molecule has 0 N–H and O–H groups in total. The third-order valence-corrected chi connectivity index (χ3v) is 3.04. The van der Waals surface area contributed by atoms with Crippen LogP contribution in [-0.4, -0.2) is 28.8 Å². The second kappa shape index (κ2) is 7.24. The van der Waals surface area contributed by atoms with Crippen molar-refractivity contribution >= 4 is 12.1 Å². The largest absolute Gasteiger partial charge is 0.624 e. The summed E-state index contributed by atoms with van der Waals surface area (Å²) in [5, 5.41) is 11.1. The van der Waals surface area contributed by atoms with E-state index in [-0.39, 0.29) is 5.91 Å². The first kappa shape index (κ1) is 14.8. The van der Waals surface area contributed by atoms with Gasteiger partial charge in [0.05, 0.1) is 0 Å². The molecule has 0 bridgehead atoms. The fourth-order valence-electron chi connectivity index (χ4n) is 2.06. The maximum atomic E-state index is 12.2. The van der Waals surface area contributed by atoms with Gasteiger partial charge in [0.1, 0.15) is 7.05 Å². The summed E-state index contributed by atoms with van der Waals surface area (Å²) in [7, 11) is 1.31. The fraction of sp³-hybridized carbons (Fsp3) is 0.176. The Bertz CT molecular complexity index is 564. The summed E-state index contributed by atoms with van der Waals surface area (Å²) in [6, 6.07) is 19.5. The van der Waals surface area contributed by atoms with Crippen molar-refractivity contribution < 1.29 is 9.53 Å². The van der Waals surface area contributed by atoms with E-state index in [1.54, 1.807) is 4.90 Å². The van der Waals surface area contributed by atoms with Crippen molar-refractivity contribution in [1.29, 1.82) is 0 Å². The minimum Gasteiger partial charge on any atom is -0.624 e. The van der Waals surface area contributed by atoms with Gasteiger partial charge >= 0.3 is 5.91 Å². The second-order valence-corrected chi connectivity index (χ2v) is 4.84. The molecule has 0 aliphatic rings. The molecule has 2 aromatic carbocycles. The van der Waals surface area contributed by atoms with Crippen molar-refractivity contribution in [2.75, 3.05) is 7.05 Å². The van der Waals surface area contributed by atoms with Crippen molar-refractivity contribution in [2.24, 2.45) is 0 Å². The number of nitrogens with zero attached hydrogens (tertiary/aromatic N) is 2. The van der Waals surface area contributed by atoms with Crippen LogP contribution >= 0.6 is 0 Å². The zero-order chi connectivity index (χ0) is 15.1. The summed E-state index contributed by atoms with van der Waals surface area (Å²) < 4.78 is 0.533. The van der Waals surface area contributed by atoms with Gasteiger partial charge in [-0.05, 0) is 11.1 Å². The molecule has 1 amide bonds. The normalized spacial score (nSPS) is 11.2. The highest BCUT2D eigenvalue weighted by Crippen LogP contribution is 2.09. The van der Waals surface area contributed by atoms with Gasteiger partial charge in [-0.25, -0.2) is 4.74 Å². The summed E-state index contributed by atoms with van der Waals surface area (Å²) in [4.78, 5) is 13.8. The molecule has 2 aromatic rings. The van der Waals surface area contributed by atoms with Crippen LogP contribution in [0.1, 0.15) is 11.1 Å². The fourth-order valence-corrected chi connectivity index (χ4v) is 2.06. The lowest BCUT2D eigenvalue weighted by Gasteiger charge is -2.20. The first-order valence-electron chi connectivity index (χ1n) is 6.77. The van der Waals surface area contributed by atoms with Gasteiger partial charge in [0.2, 0.25) is 6.21 Å². The maximum Gasteiger partial charge on any atom is 0.312 e.